The minimum absolute atomic E-state index is 0.0798. The number of aryl methyl sites for hydroxylation is 1. The molecule has 1 rings (SSSR count). The second-order valence-electron chi connectivity index (χ2n) is 3.24. The zero-order chi connectivity index (χ0) is 12.4. The number of nitrogens with one attached hydrogen (secondary N) is 1. The number of hydrogen-bond acceptors (Lipinski definition) is 3. The van der Waals surface area contributed by atoms with Gasteiger partial charge in [0.2, 0.25) is 0 Å². The highest BCUT2D eigenvalue weighted by molar-refractivity contribution is 5.57. The number of rotatable bonds is 5. The molecule has 0 aliphatic rings. The molecule has 3 nitrogen and oxygen atoms in total. The first kappa shape index (κ1) is 14.6. The molecule has 1 unspecified atom stereocenters. The van der Waals surface area contributed by atoms with E-state index in [1.807, 2.05) is 26.0 Å². The smallest absolute Gasteiger partial charge is 0.136 e. The Balaban J connectivity index is 0.00000106. The molecule has 0 saturated carbocycles. The molecule has 0 amide bonds. The third-order valence-electron chi connectivity index (χ3n) is 2.22. The van der Waals surface area contributed by atoms with Crippen LogP contribution < -0.4 is 5.32 Å². The predicted molar refractivity (Wildman–Crippen MR) is 66.7 cm³/mol. The highest BCUT2D eigenvalue weighted by Gasteiger charge is 2.03. The van der Waals surface area contributed by atoms with Gasteiger partial charge in [-0.05, 0) is 37.6 Å². The number of carbonyl (C=O) groups is 1. The summed E-state index contributed by atoms with van der Waals surface area (Å²) in [5.41, 5.74) is 1.13. The van der Waals surface area contributed by atoms with Crippen molar-refractivity contribution in [1.29, 1.82) is 0 Å². The van der Waals surface area contributed by atoms with Gasteiger partial charge in [0.25, 0.3) is 0 Å². The fraction of sp³-hybridized carbons (Fsp3) is 0.462. The van der Waals surface area contributed by atoms with Gasteiger partial charge in [-0.2, -0.15) is 0 Å². The van der Waals surface area contributed by atoms with Crippen molar-refractivity contribution < 1.29 is 9.90 Å². The zero-order valence-corrected chi connectivity index (χ0v) is 10.2. The Labute approximate surface area is 97.5 Å². The van der Waals surface area contributed by atoms with Gasteiger partial charge in [0, 0.05) is 0 Å². The maximum Gasteiger partial charge on any atom is 0.136 e. The second-order valence-corrected chi connectivity index (χ2v) is 3.24. The minimum atomic E-state index is -0.0798. The topological polar surface area (TPSA) is 49.3 Å². The molecular weight excluding hydrogens is 202 g/mol. The van der Waals surface area contributed by atoms with Crippen LogP contribution >= 0.6 is 0 Å². The van der Waals surface area contributed by atoms with Gasteiger partial charge in [0.05, 0.1) is 6.04 Å². The van der Waals surface area contributed by atoms with Gasteiger partial charge in [-0.1, -0.05) is 26.0 Å². The molecule has 3 heteroatoms. The molecule has 1 aromatic carbocycles. The van der Waals surface area contributed by atoms with Crippen molar-refractivity contribution in [3.8, 4) is 5.75 Å². The van der Waals surface area contributed by atoms with Gasteiger partial charge in [-0.3, -0.25) is 0 Å². The molecule has 0 aliphatic heterocycles. The van der Waals surface area contributed by atoms with Gasteiger partial charge < -0.3 is 15.2 Å². The molecule has 0 heterocycles. The van der Waals surface area contributed by atoms with E-state index >= 15 is 0 Å². The van der Waals surface area contributed by atoms with Crippen LogP contribution in [-0.4, -0.2) is 24.5 Å². The number of aldehydes is 1. The zero-order valence-electron chi connectivity index (χ0n) is 10.2. The summed E-state index contributed by atoms with van der Waals surface area (Å²) in [5.74, 6) is 0.273. The van der Waals surface area contributed by atoms with E-state index in [0.29, 0.717) is 0 Å². The van der Waals surface area contributed by atoms with Crippen molar-refractivity contribution in [3.05, 3.63) is 29.8 Å². The molecule has 90 valence electrons. The van der Waals surface area contributed by atoms with Crippen LogP contribution in [0.25, 0.3) is 0 Å². The fourth-order valence-electron chi connectivity index (χ4n) is 1.27. The third kappa shape index (κ3) is 5.51. The molecule has 0 fully saturated rings. The van der Waals surface area contributed by atoms with Crippen molar-refractivity contribution in [2.75, 3.05) is 7.05 Å². The van der Waals surface area contributed by atoms with E-state index in [0.717, 1.165) is 24.7 Å². The van der Waals surface area contributed by atoms with Crippen molar-refractivity contribution in [2.45, 2.75) is 32.7 Å². The molecule has 0 bridgehead atoms. The number of carbonyl (C=O) groups excluding carboxylic acids is 1. The first-order valence-corrected chi connectivity index (χ1v) is 5.66. The maximum absolute atomic E-state index is 10.5. The van der Waals surface area contributed by atoms with Gasteiger partial charge in [-0.25, -0.2) is 0 Å². The first-order valence-electron chi connectivity index (χ1n) is 5.66. The number of phenolic OH excluding ortho intramolecular Hbond substituents is 1. The Hall–Kier alpha value is -1.35. The number of likely N-dealkylation sites (N-methyl/N-ethyl adjacent to an activating group) is 1. The average Bonchev–Trinajstić information content (AvgIpc) is 2.35. The quantitative estimate of drug-likeness (QED) is 0.752. The average molecular weight is 223 g/mol. The lowest BCUT2D eigenvalue weighted by Crippen LogP contribution is -2.26. The predicted octanol–water partition coefficient (Wildman–Crippen LogP) is 2.14. The Kier molecular flexibility index (Phi) is 8.17. The Bertz CT molecular complexity index is 282. The summed E-state index contributed by atoms with van der Waals surface area (Å²) in [7, 11) is 1.77. The SMILES string of the molecule is CC.CNC(C=O)CCc1ccc(O)cc1. The molecule has 0 spiro atoms. The van der Waals surface area contributed by atoms with E-state index in [9.17, 15) is 4.79 Å². The lowest BCUT2D eigenvalue weighted by molar-refractivity contribution is -0.109. The van der Waals surface area contributed by atoms with Gasteiger partial charge >= 0.3 is 0 Å². The van der Waals surface area contributed by atoms with Crippen LogP contribution in [0.5, 0.6) is 5.75 Å². The van der Waals surface area contributed by atoms with Crippen LogP contribution in [0, 0.1) is 0 Å². The third-order valence-corrected chi connectivity index (χ3v) is 2.22. The van der Waals surface area contributed by atoms with Crippen LogP contribution in [0.2, 0.25) is 0 Å². The number of hydrogen-bond donors (Lipinski definition) is 2. The molecule has 0 aromatic heterocycles. The molecule has 0 radical (unpaired) electrons. The fourth-order valence-corrected chi connectivity index (χ4v) is 1.27. The van der Waals surface area contributed by atoms with Crippen LogP contribution in [0.15, 0.2) is 24.3 Å². The Morgan fingerprint density at radius 1 is 1.31 bits per heavy atom. The highest BCUT2D eigenvalue weighted by Crippen LogP contribution is 2.11. The van der Waals surface area contributed by atoms with Gasteiger partial charge in [0.1, 0.15) is 12.0 Å². The van der Waals surface area contributed by atoms with Crippen LogP contribution in [0.4, 0.5) is 0 Å². The molecule has 0 saturated heterocycles. The summed E-state index contributed by atoms with van der Waals surface area (Å²) in [5, 5.41) is 12.0. The summed E-state index contributed by atoms with van der Waals surface area (Å²) < 4.78 is 0. The van der Waals surface area contributed by atoms with Crippen LogP contribution in [0.3, 0.4) is 0 Å². The summed E-state index contributed by atoms with van der Waals surface area (Å²) in [6, 6.07) is 6.97. The van der Waals surface area contributed by atoms with Crippen LogP contribution in [0.1, 0.15) is 25.8 Å². The second kappa shape index (κ2) is 8.92. The van der Waals surface area contributed by atoms with Gasteiger partial charge in [-0.15, -0.1) is 0 Å². The largest absolute Gasteiger partial charge is 0.508 e. The van der Waals surface area contributed by atoms with E-state index in [1.165, 1.54) is 0 Å². The Morgan fingerprint density at radius 2 is 1.88 bits per heavy atom. The maximum atomic E-state index is 10.5. The van der Waals surface area contributed by atoms with Crippen molar-refractivity contribution >= 4 is 6.29 Å². The van der Waals surface area contributed by atoms with Crippen molar-refractivity contribution in [3.63, 3.8) is 0 Å². The molecule has 1 aromatic rings. The van der Waals surface area contributed by atoms with Gasteiger partial charge in [0.15, 0.2) is 0 Å². The van der Waals surface area contributed by atoms with E-state index in [1.54, 1.807) is 19.2 Å². The Morgan fingerprint density at radius 3 is 2.31 bits per heavy atom. The lowest BCUT2D eigenvalue weighted by atomic mass is 10.1. The summed E-state index contributed by atoms with van der Waals surface area (Å²) in [6.45, 7) is 4.00. The highest BCUT2D eigenvalue weighted by atomic mass is 16.3. The molecule has 16 heavy (non-hydrogen) atoms. The number of benzene rings is 1. The standard InChI is InChI=1S/C11H15NO2.C2H6/c1-12-10(8-13)5-2-9-3-6-11(14)7-4-9;1-2/h3-4,6-8,10,12,14H,2,5H2,1H3;1-2H3. The van der Waals surface area contributed by atoms with Crippen molar-refractivity contribution in [2.24, 2.45) is 0 Å². The normalized spacial score (nSPS) is 11.2. The number of phenols is 1. The van der Waals surface area contributed by atoms with E-state index in [-0.39, 0.29) is 11.8 Å². The number of aromatic hydroxyl groups is 1. The molecule has 0 aliphatic carbocycles. The molecular formula is C13H21NO2. The summed E-state index contributed by atoms with van der Waals surface area (Å²) in [6.07, 6.45) is 2.54. The van der Waals surface area contributed by atoms with E-state index < -0.39 is 0 Å². The van der Waals surface area contributed by atoms with Crippen LogP contribution in [-0.2, 0) is 11.2 Å². The van der Waals surface area contributed by atoms with E-state index in [2.05, 4.69) is 5.32 Å². The molecule has 2 N–H and O–H groups in total. The first-order chi connectivity index (χ1) is 7.76. The molecule has 1 atom stereocenters. The summed E-state index contributed by atoms with van der Waals surface area (Å²) >= 11 is 0. The van der Waals surface area contributed by atoms with E-state index in [4.69, 9.17) is 5.11 Å². The monoisotopic (exact) mass is 223 g/mol. The summed E-state index contributed by atoms with van der Waals surface area (Å²) in [4.78, 5) is 10.5. The van der Waals surface area contributed by atoms with Crippen molar-refractivity contribution in [1.82, 2.24) is 5.32 Å². The lowest BCUT2D eigenvalue weighted by Gasteiger charge is -2.08. The minimum Gasteiger partial charge on any atom is -0.508 e.